The Morgan fingerprint density at radius 3 is 2.09 bits per heavy atom. The molecule has 4 nitrogen and oxygen atoms in total. The van der Waals surface area contributed by atoms with E-state index in [9.17, 15) is 0 Å². The highest BCUT2D eigenvalue weighted by Gasteiger charge is 2.08. The fourth-order valence-electron chi connectivity index (χ4n) is 2.41. The van der Waals surface area contributed by atoms with Gasteiger partial charge in [0.15, 0.2) is 0 Å². The summed E-state index contributed by atoms with van der Waals surface area (Å²) >= 11 is 0. The van der Waals surface area contributed by atoms with Gasteiger partial charge in [0.1, 0.15) is 5.69 Å². The van der Waals surface area contributed by atoms with Crippen LogP contribution >= 0.6 is 0 Å². The molecule has 0 bridgehead atoms. The molecular weight excluding hydrogens is 284 g/mol. The van der Waals surface area contributed by atoms with E-state index in [1.807, 2.05) is 78.9 Å². The summed E-state index contributed by atoms with van der Waals surface area (Å²) in [6.45, 7) is 0. The van der Waals surface area contributed by atoms with Gasteiger partial charge < -0.3 is 0 Å². The van der Waals surface area contributed by atoms with Crippen molar-refractivity contribution in [3.8, 4) is 28.3 Å². The molecule has 4 heteroatoms. The normalized spacial score (nSPS) is 10.6. The number of benzene rings is 2. The molecule has 0 amide bonds. The minimum absolute atomic E-state index is 0.756. The summed E-state index contributed by atoms with van der Waals surface area (Å²) in [6, 6.07) is 25.9. The number of para-hydroxylation sites is 1. The lowest BCUT2D eigenvalue weighted by Crippen LogP contribution is -1.98. The largest absolute Gasteiger partial charge is 0.246 e. The molecule has 0 aliphatic carbocycles. The summed E-state index contributed by atoms with van der Waals surface area (Å²) in [5.41, 5.74) is 4.51. The Labute approximate surface area is 134 Å². The first kappa shape index (κ1) is 13.4. The minimum Gasteiger partial charge on any atom is -0.246 e. The highest BCUT2D eigenvalue weighted by atomic mass is 15.5. The van der Waals surface area contributed by atoms with E-state index >= 15 is 0 Å². The third-order valence-electron chi connectivity index (χ3n) is 3.56. The highest BCUT2D eigenvalue weighted by molar-refractivity contribution is 5.63. The first-order valence-corrected chi connectivity index (χ1v) is 7.41. The molecule has 2 heterocycles. The predicted octanol–water partition coefficient (Wildman–Crippen LogP) is 4.00. The van der Waals surface area contributed by atoms with Crippen LogP contribution in [-0.4, -0.2) is 20.0 Å². The molecule has 0 saturated carbocycles. The lowest BCUT2D eigenvalue weighted by Gasteiger charge is -2.02. The van der Waals surface area contributed by atoms with Crippen molar-refractivity contribution in [2.45, 2.75) is 0 Å². The van der Waals surface area contributed by atoms with Gasteiger partial charge in [0.2, 0.25) is 0 Å². The van der Waals surface area contributed by atoms with E-state index in [0.717, 1.165) is 28.3 Å². The van der Waals surface area contributed by atoms with Crippen molar-refractivity contribution in [2.75, 3.05) is 0 Å². The van der Waals surface area contributed by atoms with E-state index in [2.05, 4.69) is 10.2 Å². The van der Waals surface area contributed by atoms with E-state index in [-0.39, 0.29) is 0 Å². The Morgan fingerprint density at radius 1 is 0.609 bits per heavy atom. The number of hydrogen-bond donors (Lipinski definition) is 0. The SMILES string of the molecule is c1ccc(-c2cccc(-c3cnn(-c4ccccc4)n3)n2)cc1. The van der Waals surface area contributed by atoms with Crippen molar-refractivity contribution >= 4 is 0 Å². The van der Waals surface area contributed by atoms with Crippen LogP contribution in [0.4, 0.5) is 0 Å². The molecule has 23 heavy (non-hydrogen) atoms. The first-order chi connectivity index (χ1) is 11.4. The van der Waals surface area contributed by atoms with Gasteiger partial charge in [-0.15, -0.1) is 5.10 Å². The molecule has 0 atom stereocenters. The van der Waals surface area contributed by atoms with Gasteiger partial charge in [-0.25, -0.2) is 4.98 Å². The van der Waals surface area contributed by atoms with E-state index in [0.29, 0.717) is 0 Å². The maximum absolute atomic E-state index is 4.70. The minimum atomic E-state index is 0.756. The van der Waals surface area contributed by atoms with E-state index in [4.69, 9.17) is 4.98 Å². The summed E-state index contributed by atoms with van der Waals surface area (Å²) in [5.74, 6) is 0. The van der Waals surface area contributed by atoms with Crippen molar-refractivity contribution in [3.05, 3.63) is 85.1 Å². The average molecular weight is 298 g/mol. The third kappa shape index (κ3) is 2.74. The van der Waals surface area contributed by atoms with Gasteiger partial charge in [-0.05, 0) is 24.3 Å². The summed E-state index contributed by atoms with van der Waals surface area (Å²) in [7, 11) is 0. The fourth-order valence-corrected chi connectivity index (χ4v) is 2.41. The predicted molar refractivity (Wildman–Crippen MR) is 90.0 cm³/mol. The Hall–Kier alpha value is -3.27. The molecule has 0 N–H and O–H groups in total. The first-order valence-electron chi connectivity index (χ1n) is 7.41. The van der Waals surface area contributed by atoms with Crippen molar-refractivity contribution in [1.82, 2.24) is 20.0 Å². The third-order valence-corrected chi connectivity index (χ3v) is 3.56. The maximum atomic E-state index is 4.70. The van der Waals surface area contributed by atoms with Crippen LogP contribution in [0.1, 0.15) is 0 Å². The van der Waals surface area contributed by atoms with Crippen LogP contribution in [-0.2, 0) is 0 Å². The van der Waals surface area contributed by atoms with Gasteiger partial charge in [0, 0.05) is 5.56 Å². The zero-order valence-electron chi connectivity index (χ0n) is 12.4. The van der Waals surface area contributed by atoms with Gasteiger partial charge in [-0.3, -0.25) is 0 Å². The maximum Gasteiger partial charge on any atom is 0.131 e. The topological polar surface area (TPSA) is 43.6 Å². The summed E-state index contributed by atoms with van der Waals surface area (Å²) in [4.78, 5) is 6.32. The Balaban J connectivity index is 1.71. The van der Waals surface area contributed by atoms with Crippen molar-refractivity contribution in [2.24, 2.45) is 0 Å². The van der Waals surface area contributed by atoms with Crippen LogP contribution < -0.4 is 0 Å². The van der Waals surface area contributed by atoms with E-state index < -0.39 is 0 Å². The quantitative estimate of drug-likeness (QED) is 0.574. The van der Waals surface area contributed by atoms with Crippen molar-refractivity contribution in [3.63, 3.8) is 0 Å². The summed E-state index contributed by atoms with van der Waals surface area (Å²) in [5, 5.41) is 8.86. The van der Waals surface area contributed by atoms with Crippen LogP contribution in [0.15, 0.2) is 85.1 Å². The Kier molecular flexibility index (Phi) is 3.41. The zero-order chi connectivity index (χ0) is 15.5. The molecule has 0 saturated heterocycles. The van der Waals surface area contributed by atoms with E-state index in [1.165, 1.54) is 0 Å². The van der Waals surface area contributed by atoms with Gasteiger partial charge in [0.25, 0.3) is 0 Å². The lowest BCUT2D eigenvalue weighted by atomic mass is 10.1. The van der Waals surface area contributed by atoms with Crippen LogP contribution in [0.2, 0.25) is 0 Å². The molecule has 0 aliphatic heterocycles. The standard InChI is InChI=1S/C19H14N4/c1-3-8-15(9-4-1)17-12-7-13-18(21-17)19-14-20-23(22-19)16-10-5-2-6-11-16/h1-14H. The molecule has 2 aromatic carbocycles. The molecule has 2 aromatic heterocycles. The second-order valence-electron chi connectivity index (χ2n) is 5.13. The second kappa shape index (κ2) is 5.85. The van der Waals surface area contributed by atoms with Crippen LogP contribution in [0.5, 0.6) is 0 Å². The molecule has 110 valence electrons. The molecule has 4 rings (SSSR count). The molecule has 0 spiro atoms. The second-order valence-corrected chi connectivity index (χ2v) is 5.13. The summed E-state index contributed by atoms with van der Waals surface area (Å²) < 4.78 is 0. The zero-order valence-corrected chi connectivity index (χ0v) is 12.4. The number of aromatic nitrogens is 4. The lowest BCUT2D eigenvalue weighted by molar-refractivity contribution is 0.753. The van der Waals surface area contributed by atoms with Gasteiger partial charge >= 0.3 is 0 Å². The van der Waals surface area contributed by atoms with Gasteiger partial charge in [-0.2, -0.15) is 9.90 Å². The molecular formula is C19H14N4. The van der Waals surface area contributed by atoms with Crippen LogP contribution in [0.3, 0.4) is 0 Å². The Morgan fingerprint density at radius 2 is 1.30 bits per heavy atom. The van der Waals surface area contributed by atoms with Crippen molar-refractivity contribution in [1.29, 1.82) is 0 Å². The van der Waals surface area contributed by atoms with Gasteiger partial charge in [-0.1, -0.05) is 54.6 Å². The fraction of sp³-hybridized carbons (Fsp3) is 0. The van der Waals surface area contributed by atoms with Crippen LogP contribution in [0, 0.1) is 0 Å². The molecule has 0 fully saturated rings. The van der Waals surface area contributed by atoms with Gasteiger partial charge in [0.05, 0.1) is 23.3 Å². The monoisotopic (exact) mass is 298 g/mol. The molecule has 0 unspecified atom stereocenters. The average Bonchev–Trinajstić information content (AvgIpc) is 3.14. The molecule has 4 aromatic rings. The number of hydrogen-bond acceptors (Lipinski definition) is 3. The summed E-state index contributed by atoms with van der Waals surface area (Å²) in [6.07, 6.45) is 1.74. The number of nitrogens with zero attached hydrogens (tertiary/aromatic N) is 4. The number of pyridine rings is 1. The Bertz CT molecular complexity index is 914. The highest BCUT2D eigenvalue weighted by Crippen LogP contribution is 2.21. The van der Waals surface area contributed by atoms with E-state index in [1.54, 1.807) is 11.0 Å². The van der Waals surface area contributed by atoms with Crippen molar-refractivity contribution < 1.29 is 0 Å². The molecule has 0 radical (unpaired) electrons. The smallest absolute Gasteiger partial charge is 0.131 e. The number of rotatable bonds is 3. The van der Waals surface area contributed by atoms with Crippen LogP contribution in [0.25, 0.3) is 28.3 Å². The molecule has 0 aliphatic rings.